The topological polar surface area (TPSA) is 57.5 Å². The normalized spacial score (nSPS) is 15.8. The summed E-state index contributed by atoms with van der Waals surface area (Å²) in [5.74, 6) is -4.34. The number of hydrogen-bond donors (Lipinski definition) is 2. The molecule has 1 aromatic rings. The molecule has 1 aromatic carbocycles. The first-order valence-electron chi connectivity index (χ1n) is 6.21. The summed E-state index contributed by atoms with van der Waals surface area (Å²) in [7, 11) is 0. The van der Waals surface area contributed by atoms with Crippen molar-refractivity contribution in [3.63, 3.8) is 0 Å². The summed E-state index contributed by atoms with van der Waals surface area (Å²) in [5, 5.41) is 19.6. The Kier molecular flexibility index (Phi) is 5.00. The van der Waals surface area contributed by atoms with E-state index in [0.717, 1.165) is 18.6 Å². The van der Waals surface area contributed by atoms with Crippen molar-refractivity contribution in [3.05, 3.63) is 35.4 Å². The van der Waals surface area contributed by atoms with Crippen molar-refractivity contribution in [2.75, 3.05) is 0 Å². The van der Waals surface area contributed by atoms with Gasteiger partial charge < -0.3 is 10.2 Å². The van der Waals surface area contributed by atoms with Crippen LogP contribution in [0, 0.1) is 17.6 Å². The van der Waals surface area contributed by atoms with Crippen LogP contribution in [0.5, 0.6) is 0 Å². The molecule has 2 atom stereocenters. The van der Waals surface area contributed by atoms with Gasteiger partial charge in [-0.15, -0.1) is 0 Å². The van der Waals surface area contributed by atoms with Crippen LogP contribution in [0.3, 0.4) is 0 Å². The van der Waals surface area contributed by atoms with E-state index in [2.05, 4.69) is 0 Å². The van der Waals surface area contributed by atoms with Crippen LogP contribution >= 0.6 is 0 Å². The molecule has 0 saturated carbocycles. The highest BCUT2D eigenvalue weighted by molar-refractivity contribution is 5.71. The Hall–Kier alpha value is -1.49. The highest BCUT2D eigenvalue weighted by Gasteiger charge is 2.38. The smallest absolute Gasteiger partial charge is 0.309 e. The molecule has 2 N–H and O–H groups in total. The van der Waals surface area contributed by atoms with E-state index in [1.165, 1.54) is 13.0 Å². The SMILES string of the molecule is CCCCC(C(=O)O)C(C)(O)c1ccc(F)c(F)c1. The molecule has 0 aliphatic carbocycles. The van der Waals surface area contributed by atoms with E-state index in [1.54, 1.807) is 0 Å². The van der Waals surface area contributed by atoms with Gasteiger partial charge in [-0.3, -0.25) is 4.79 Å². The molecule has 0 aliphatic rings. The molecule has 0 aromatic heterocycles. The largest absolute Gasteiger partial charge is 0.481 e. The molecule has 19 heavy (non-hydrogen) atoms. The summed E-state index contributed by atoms with van der Waals surface area (Å²) in [4.78, 5) is 11.2. The van der Waals surface area contributed by atoms with Gasteiger partial charge in [0.05, 0.1) is 5.92 Å². The average molecular weight is 272 g/mol. The first kappa shape index (κ1) is 15.6. The number of rotatable bonds is 6. The molecule has 0 heterocycles. The molecular weight excluding hydrogens is 254 g/mol. The van der Waals surface area contributed by atoms with Gasteiger partial charge in [-0.05, 0) is 31.0 Å². The van der Waals surface area contributed by atoms with E-state index in [9.17, 15) is 23.8 Å². The van der Waals surface area contributed by atoms with Crippen LogP contribution in [0.2, 0.25) is 0 Å². The quantitative estimate of drug-likeness (QED) is 0.836. The van der Waals surface area contributed by atoms with Gasteiger partial charge >= 0.3 is 5.97 Å². The number of carbonyl (C=O) groups is 1. The Morgan fingerprint density at radius 2 is 2.00 bits per heavy atom. The van der Waals surface area contributed by atoms with E-state index in [1.807, 2.05) is 6.92 Å². The van der Waals surface area contributed by atoms with Crippen LogP contribution in [0.1, 0.15) is 38.7 Å². The van der Waals surface area contributed by atoms with Crippen molar-refractivity contribution >= 4 is 5.97 Å². The Balaban J connectivity index is 3.10. The lowest BCUT2D eigenvalue weighted by Gasteiger charge is -2.30. The number of hydrogen-bond acceptors (Lipinski definition) is 2. The van der Waals surface area contributed by atoms with Gasteiger partial charge in [0.15, 0.2) is 11.6 Å². The summed E-state index contributed by atoms with van der Waals surface area (Å²) in [5.41, 5.74) is -1.68. The zero-order valence-corrected chi connectivity index (χ0v) is 11.0. The fraction of sp³-hybridized carbons (Fsp3) is 0.500. The first-order chi connectivity index (χ1) is 8.80. The number of aliphatic carboxylic acids is 1. The number of benzene rings is 1. The Morgan fingerprint density at radius 3 is 2.47 bits per heavy atom. The number of unbranched alkanes of at least 4 members (excludes halogenated alkanes) is 1. The maximum Gasteiger partial charge on any atom is 0.309 e. The maximum absolute atomic E-state index is 13.2. The van der Waals surface area contributed by atoms with Gasteiger partial charge in [0.1, 0.15) is 5.60 Å². The lowest BCUT2D eigenvalue weighted by Crippen LogP contribution is -2.37. The van der Waals surface area contributed by atoms with Crippen molar-refractivity contribution in [1.82, 2.24) is 0 Å². The second kappa shape index (κ2) is 6.10. The summed E-state index contributed by atoms with van der Waals surface area (Å²) in [6.45, 7) is 3.22. The van der Waals surface area contributed by atoms with Crippen LogP contribution in [-0.4, -0.2) is 16.2 Å². The molecule has 3 nitrogen and oxygen atoms in total. The van der Waals surface area contributed by atoms with Gasteiger partial charge in [-0.25, -0.2) is 8.78 Å². The third kappa shape index (κ3) is 3.50. The van der Waals surface area contributed by atoms with Gasteiger partial charge in [0.2, 0.25) is 0 Å². The molecule has 0 spiro atoms. The summed E-state index contributed by atoms with van der Waals surface area (Å²) < 4.78 is 26.1. The van der Waals surface area contributed by atoms with E-state index in [4.69, 9.17) is 0 Å². The Bertz CT molecular complexity index is 458. The molecule has 0 fully saturated rings. The van der Waals surface area contributed by atoms with Crippen LogP contribution in [0.4, 0.5) is 8.78 Å². The lowest BCUT2D eigenvalue weighted by atomic mass is 9.80. The van der Waals surface area contributed by atoms with Crippen LogP contribution < -0.4 is 0 Å². The molecule has 0 saturated heterocycles. The van der Waals surface area contributed by atoms with E-state index < -0.39 is 29.1 Å². The highest BCUT2D eigenvalue weighted by atomic mass is 19.2. The van der Waals surface area contributed by atoms with Crippen molar-refractivity contribution < 1.29 is 23.8 Å². The Labute approximate surface area is 110 Å². The van der Waals surface area contributed by atoms with E-state index in [0.29, 0.717) is 6.42 Å². The second-order valence-corrected chi connectivity index (χ2v) is 4.81. The third-order valence-electron chi connectivity index (χ3n) is 3.33. The van der Waals surface area contributed by atoms with E-state index >= 15 is 0 Å². The summed E-state index contributed by atoms with van der Waals surface area (Å²) >= 11 is 0. The minimum absolute atomic E-state index is 0.0647. The zero-order chi connectivity index (χ0) is 14.6. The lowest BCUT2D eigenvalue weighted by molar-refractivity contribution is -0.152. The van der Waals surface area contributed by atoms with Crippen molar-refractivity contribution in [2.24, 2.45) is 5.92 Å². The zero-order valence-electron chi connectivity index (χ0n) is 11.0. The molecule has 2 unspecified atom stereocenters. The number of halogens is 2. The van der Waals surface area contributed by atoms with Crippen molar-refractivity contribution in [1.29, 1.82) is 0 Å². The van der Waals surface area contributed by atoms with Crippen LogP contribution in [-0.2, 0) is 10.4 Å². The molecule has 0 amide bonds. The molecule has 0 aliphatic heterocycles. The number of aliphatic hydroxyl groups is 1. The molecule has 0 bridgehead atoms. The highest BCUT2D eigenvalue weighted by Crippen LogP contribution is 2.33. The van der Waals surface area contributed by atoms with Gasteiger partial charge in [-0.2, -0.15) is 0 Å². The average Bonchev–Trinajstić information content (AvgIpc) is 2.32. The predicted octanol–water partition coefficient (Wildman–Crippen LogP) is 3.06. The van der Waals surface area contributed by atoms with Crippen LogP contribution in [0.25, 0.3) is 0 Å². The summed E-state index contributed by atoms with van der Waals surface area (Å²) in [6, 6.07) is 2.94. The molecule has 5 heteroatoms. The van der Waals surface area contributed by atoms with Gasteiger partial charge in [0.25, 0.3) is 0 Å². The third-order valence-corrected chi connectivity index (χ3v) is 3.33. The van der Waals surface area contributed by atoms with Crippen molar-refractivity contribution in [2.45, 2.75) is 38.7 Å². The summed E-state index contributed by atoms with van der Waals surface area (Å²) in [6.07, 6.45) is 1.70. The minimum Gasteiger partial charge on any atom is -0.481 e. The molecular formula is C14H18F2O3. The maximum atomic E-state index is 13.2. The fourth-order valence-corrected chi connectivity index (χ4v) is 2.07. The second-order valence-electron chi connectivity index (χ2n) is 4.81. The van der Waals surface area contributed by atoms with Gasteiger partial charge in [0, 0.05) is 0 Å². The molecule has 0 radical (unpaired) electrons. The van der Waals surface area contributed by atoms with Crippen LogP contribution in [0.15, 0.2) is 18.2 Å². The molecule has 106 valence electrons. The molecule has 1 rings (SSSR count). The fourth-order valence-electron chi connectivity index (χ4n) is 2.07. The number of carboxylic acid groups (broad SMARTS) is 1. The first-order valence-corrected chi connectivity index (χ1v) is 6.21. The number of carboxylic acids is 1. The standard InChI is InChI=1S/C14H18F2O3/c1-3-4-5-10(13(17)18)14(2,19)9-6-7-11(15)12(16)8-9/h6-8,10,19H,3-5H2,1-2H3,(H,17,18). The van der Waals surface area contributed by atoms with Gasteiger partial charge in [-0.1, -0.05) is 25.8 Å². The monoisotopic (exact) mass is 272 g/mol. The Morgan fingerprint density at radius 1 is 1.37 bits per heavy atom. The minimum atomic E-state index is -1.74. The van der Waals surface area contributed by atoms with E-state index in [-0.39, 0.29) is 12.0 Å². The predicted molar refractivity (Wildman–Crippen MR) is 66.6 cm³/mol. The van der Waals surface area contributed by atoms with Crippen molar-refractivity contribution in [3.8, 4) is 0 Å².